The molecule has 7 aromatic carbocycles. The summed E-state index contributed by atoms with van der Waals surface area (Å²) in [6, 6.07) is 63.3. The highest BCUT2D eigenvalue weighted by Gasteiger charge is 2.25. The molecule has 0 bridgehead atoms. The maximum Gasteiger partial charge on any atom is 0.164 e. The number of nitrogens with zero attached hydrogens (tertiary/aromatic N) is 5. The Balaban J connectivity index is 1.22. The van der Waals surface area contributed by atoms with Crippen LogP contribution in [0.15, 0.2) is 198 Å². The second-order valence-electron chi connectivity index (χ2n) is 13.3. The van der Waals surface area contributed by atoms with Gasteiger partial charge in [0, 0.05) is 38.9 Å². The fourth-order valence-corrected chi connectivity index (χ4v) is 7.87. The number of ether oxygens (including phenoxy) is 1. The molecule has 1 aliphatic heterocycles. The lowest BCUT2D eigenvalue weighted by Crippen LogP contribution is -2.03. The van der Waals surface area contributed by atoms with Crippen LogP contribution in [0.1, 0.15) is 0 Å². The summed E-state index contributed by atoms with van der Waals surface area (Å²) in [6.45, 7) is 0. The van der Waals surface area contributed by atoms with Crippen LogP contribution in [0, 0.1) is 0 Å². The fraction of sp³-hybridized carbons (Fsp3) is 0. The second-order valence-corrected chi connectivity index (χ2v) is 14.4. The third-order valence-corrected chi connectivity index (χ3v) is 10.7. The Hall–Kier alpha value is -7.22. The van der Waals surface area contributed by atoms with Crippen molar-refractivity contribution >= 4 is 11.8 Å². The van der Waals surface area contributed by atoms with Crippen molar-refractivity contribution in [2.24, 2.45) is 0 Å². The zero-order chi connectivity index (χ0) is 37.3. The molecule has 2 aromatic heterocycles. The molecule has 7 heteroatoms. The van der Waals surface area contributed by atoms with Gasteiger partial charge < -0.3 is 4.74 Å². The first kappa shape index (κ1) is 33.4. The summed E-state index contributed by atoms with van der Waals surface area (Å²) >= 11 is 1.71. The minimum atomic E-state index is 0.526. The molecule has 0 saturated heterocycles. The number of rotatable bonds is 7. The monoisotopic (exact) mass is 737 g/mol. The lowest BCUT2D eigenvalue weighted by atomic mass is 9.95. The van der Waals surface area contributed by atoms with Crippen molar-refractivity contribution in [3.05, 3.63) is 188 Å². The molecule has 0 atom stereocenters. The van der Waals surface area contributed by atoms with Crippen LogP contribution >= 0.6 is 11.8 Å². The topological polar surface area (TPSA) is 73.7 Å². The van der Waals surface area contributed by atoms with E-state index in [4.69, 9.17) is 29.7 Å². The van der Waals surface area contributed by atoms with Gasteiger partial charge in [-0.15, -0.1) is 0 Å². The van der Waals surface area contributed by atoms with Crippen molar-refractivity contribution in [2.75, 3.05) is 0 Å². The largest absolute Gasteiger partial charge is 0.454 e. The van der Waals surface area contributed by atoms with Gasteiger partial charge in [0.05, 0.1) is 21.2 Å². The zero-order valence-corrected chi connectivity index (χ0v) is 30.8. The molecule has 3 heterocycles. The molecule has 0 N–H and O–H groups in total. The van der Waals surface area contributed by atoms with Crippen molar-refractivity contribution in [3.63, 3.8) is 0 Å². The second kappa shape index (κ2) is 14.5. The Morgan fingerprint density at radius 3 is 1.43 bits per heavy atom. The summed E-state index contributed by atoms with van der Waals surface area (Å²) in [5.41, 5.74) is 8.94. The number of fused-ring (bicyclic) bond motifs is 2. The smallest absolute Gasteiger partial charge is 0.164 e. The molecule has 0 radical (unpaired) electrons. The quantitative estimate of drug-likeness (QED) is 0.161. The van der Waals surface area contributed by atoms with Crippen LogP contribution in [0.25, 0.3) is 79.2 Å². The van der Waals surface area contributed by atoms with Crippen LogP contribution in [0.2, 0.25) is 0 Å². The average molecular weight is 738 g/mol. The van der Waals surface area contributed by atoms with Gasteiger partial charge in [0.1, 0.15) is 11.5 Å². The number of benzene rings is 7. The van der Waals surface area contributed by atoms with Crippen molar-refractivity contribution in [2.45, 2.75) is 9.79 Å². The van der Waals surface area contributed by atoms with Crippen molar-refractivity contribution in [1.82, 2.24) is 24.9 Å². The van der Waals surface area contributed by atoms with Crippen LogP contribution < -0.4 is 4.74 Å². The third kappa shape index (κ3) is 6.50. The molecule has 0 aliphatic carbocycles. The first-order chi connectivity index (χ1) is 27.7. The molecule has 10 rings (SSSR count). The number of hydrogen-bond donors (Lipinski definition) is 0. The van der Waals surface area contributed by atoms with E-state index in [1.54, 1.807) is 11.8 Å². The Bertz CT molecular complexity index is 2740. The van der Waals surface area contributed by atoms with Crippen LogP contribution in [0.3, 0.4) is 0 Å². The van der Waals surface area contributed by atoms with Gasteiger partial charge in [-0.3, -0.25) is 0 Å². The maximum atomic E-state index is 6.69. The molecule has 0 saturated carbocycles. The van der Waals surface area contributed by atoms with Gasteiger partial charge in [-0.25, -0.2) is 24.9 Å². The SMILES string of the molecule is c1ccc(-c2cc(-c3ccccc3)nc(-c3ccc(-c4cccc5c4Oc4ccccc4S5)c(-c4nc(-c5ccccc5)nc(-c5ccccc5)n4)c3)n2)cc1. The third-order valence-electron chi connectivity index (χ3n) is 9.63. The molecule has 1 aliphatic rings. The molecule has 9 aromatic rings. The van der Waals surface area contributed by atoms with Crippen LogP contribution in [0.4, 0.5) is 0 Å². The molecule has 264 valence electrons. The van der Waals surface area contributed by atoms with E-state index in [1.165, 1.54) is 0 Å². The Morgan fingerprint density at radius 2 is 0.821 bits per heavy atom. The molecular weight excluding hydrogens is 707 g/mol. The number of hydrogen-bond acceptors (Lipinski definition) is 7. The normalized spacial score (nSPS) is 11.6. The Morgan fingerprint density at radius 1 is 0.321 bits per heavy atom. The molecule has 0 unspecified atom stereocenters. The minimum Gasteiger partial charge on any atom is -0.454 e. The molecule has 56 heavy (non-hydrogen) atoms. The van der Waals surface area contributed by atoms with Gasteiger partial charge >= 0.3 is 0 Å². The molecule has 0 spiro atoms. The standard InChI is InChI=1S/C49H31N5OS/c1-5-16-32(17-6-1)40-31-41(33-18-7-2-8-19-33)51-48(50-40)36-28-29-37(38-24-15-27-44-45(38)55-42-25-13-14-26-43(42)56-44)39(30-36)49-53-46(34-20-9-3-10-21-34)52-47(54-49)35-22-11-4-12-23-35/h1-31H. The molecular formula is C49H31N5OS. The van der Waals surface area contributed by atoms with E-state index in [-0.39, 0.29) is 0 Å². The Labute approximate surface area is 328 Å². The molecule has 0 fully saturated rings. The summed E-state index contributed by atoms with van der Waals surface area (Å²) in [6.07, 6.45) is 0. The zero-order valence-electron chi connectivity index (χ0n) is 30.0. The van der Waals surface area contributed by atoms with Crippen molar-refractivity contribution in [1.29, 1.82) is 0 Å². The predicted molar refractivity (Wildman–Crippen MR) is 224 cm³/mol. The van der Waals surface area contributed by atoms with Gasteiger partial charge in [0.2, 0.25) is 0 Å². The number of aromatic nitrogens is 5. The van der Waals surface area contributed by atoms with Crippen LogP contribution in [-0.4, -0.2) is 24.9 Å². The van der Waals surface area contributed by atoms with Gasteiger partial charge in [0.25, 0.3) is 0 Å². The first-order valence-electron chi connectivity index (χ1n) is 18.3. The van der Waals surface area contributed by atoms with E-state index in [0.29, 0.717) is 23.3 Å². The van der Waals surface area contributed by atoms with Crippen molar-refractivity contribution in [3.8, 4) is 90.7 Å². The van der Waals surface area contributed by atoms with Gasteiger partial charge in [-0.2, -0.15) is 0 Å². The minimum absolute atomic E-state index is 0.526. The first-order valence-corrected chi connectivity index (χ1v) is 19.1. The predicted octanol–water partition coefficient (Wildman–Crippen LogP) is 12.6. The Kier molecular flexibility index (Phi) is 8.67. The van der Waals surface area contributed by atoms with Crippen molar-refractivity contribution < 1.29 is 4.74 Å². The van der Waals surface area contributed by atoms with E-state index >= 15 is 0 Å². The van der Waals surface area contributed by atoms with E-state index in [9.17, 15) is 0 Å². The summed E-state index contributed by atoms with van der Waals surface area (Å²) in [4.78, 5) is 27.8. The fourth-order valence-electron chi connectivity index (χ4n) is 6.88. The molecule has 6 nitrogen and oxygen atoms in total. The average Bonchev–Trinajstić information content (AvgIpc) is 3.29. The van der Waals surface area contributed by atoms with Gasteiger partial charge in [0.15, 0.2) is 23.3 Å². The van der Waals surface area contributed by atoms with E-state index < -0.39 is 0 Å². The summed E-state index contributed by atoms with van der Waals surface area (Å²) in [7, 11) is 0. The van der Waals surface area contributed by atoms with E-state index in [1.807, 2.05) is 115 Å². The maximum absolute atomic E-state index is 6.69. The highest BCUT2D eigenvalue weighted by Crippen LogP contribution is 2.52. The number of para-hydroxylation sites is 2. The highest BCUT2D eigenvalue weighted by atomic mass is 32.2. The van der Waals surface area contributed by atoms with E-state index in [2.05, 4.69) is 72.8 Å². The van der Waals surface area contributed by atoms with Gasteiger partial charge in [-0.05, 0) is 35.9 Å². The highest BCUT2D eigenvalue weighted by molar-refractivity contribution is 7.99. The summed E-state index contributed by atoms with van der Waals surface area (Å²) in [5.74, 6) is 3.89. The molecule has 0 amide bonds. The van der Waals surface area contributed by atoms with Gasteiger partial charge in [-0.1, -0.05) is 169 Å². The van der Waals surface area contributed by atoms with Crippen LogP contribution in [0.5, 0.6) is 11.5 Å². The summed E-state index contributed by atoms with van der Waals surface area (Å²) < 4.78 is 6.69. The van der Waals surface area contributed by atoms with Crippen LogP contribution in [-0.2, 0) is 0 Å². The lowest BCUT2D eigenvalue weighted by Gasteiger charge is -2.23. The van der Waals surface area contributed by atoms with E-state index in [0.717, 1.165) is 77.2 Å². The summed E-state index contributed by atoms with van der Waals surface area (Å²) in [5, 5.41) is 0. The lowest BCUT2D eigenvalue weighted by molar-refractivity contribution is 0.456.